The van der Waals surface area contributed by atoms with Gasteiger partial charge < -0.3 is 9.84 Å². The van der Waals surface area contributed by atoms with Gasteiger partial charge in [0.25, 0.3) is 0 Å². The largest absolute Gasteiger partial charge is 0.487 e. The minimum absolute atomic E-state index is 0.0863. The summed E-state index contributed by atoms with van der Waals surface area (Å²) >= 11 is 0. The van der Waals surface area contributed by atoms with Crippen LogP contribution in [0.4, 0.5) is 8.78 Å². The standard InChI is InChI=1S/C15H18F2O2/c16-10-4-5-12(11(17)8-10)19-14-9-13(18)15(14)6-2-1-3-7-15/h4-5,8,13-14,18H,1-3,6-7,9H2. The highest BCUT2D eigenvalue weighted by Gasteiger charge is 2.56. The summed E-state index contributed by atoms with van der Waals surface area (Å²) in [4.78, 5) is 0. The molecule has 2 unspecified atom stereocenters. The highest BCUT2D eigenvalue weighted by molar-refractivity contribution is 5.26. The van der Waals surface area contributed by atoms with E-state index < -0.39 is 11.6 Å². The zero-order chi connectivity index (χ0) is 13.5. The predicted molar refractivity (Wildman–Crippen MR) is 66.9 cm³/mol. The van der Waals surface area contributed by atoms with Gasteiger partial charge in [0.15, 0.2) is 11.6 Å². The van der Waals surface area contributed by atoms with Crippen LogP contribution in [-0.2, 0) is 0 Å². The molecule has 1 aromatic rings. The Morgan fingerprint density at radius 2 is 1.89 bits per heavy atom. The topological polar surface area (TPSA) is 29.5 Å². The summed E-state index contributed by atoms with van der Waals surface area (Å²) in [5.41, 5.74) is -0.209. The number of benzene rings is 1. The van der Waals surface area contributed by atoms with Crippen LogP contribution < -0.4 is 4.74 Å². The van der Waals surface area contributed by atoms with Gasteiger partial charge >= 0.3 is 0 Å². The van der Waals surface area contributed by atoms with E-state index in [1.54, 1.807) is 0 Å². The number of hydrogen-bond donors (Lipinski definition) is 1. The molecule has 0 heterocycles. The van der Waals surface area contributed by atoms with Gasteiger partial charge in [-0.1, -0.05) is 19.3 Å². The molecule has 0 aromatic heterocycles. The number of hydrogen-bond acceptors (Lipinski definition) is 2. The number of aliphatic hydroxyl groups excluding tert-OH is 1. The Labute approximate surface area is 111 Å². The molecule has 0 bridgehead atoms. The third-order valence-corrected chi connectivity index (χ3v) is 4.69. The molecule has 2 atom stereocenters. The lowest BCUT2D eigenvalue weighted by Crippen LogP contribution is -2.60. The first kappa shape index (κ1) is 12.9. The number of aliphatic hydroxyl groups is 1. The van der Waals surface area contributed by atoms with Crippen molar-refractivity contribution in [3.05, 3.63) is 29.8 Å². The maximum Gasteiger partial charge on any atom is 0.167 e. The zero-order valence-corrected chi connectivity index (χ0v) is 10.7. The first-order valence-electron chi connectivity index (χ1n) is 6.91. The van der Waals surface area contributed by atoms with Crippen LogP contribution in [-0.4, -0.2) is 17.3 Å². The van der Waals surface area contributed by atoms with Crippen molar-refractivity contribution >= 4 is 0 Å². The Bertz CT molecular complexity index is 469. The monoisotopic (exact) mass is 268 g/mol. The zero-order valence-electron chi connectivity index (χ0n) is 10.7. The van der Waals surface area contributed by atoms with E-state index in [-0.39, 0.29) is 23.4 Å². The van der Waals surface area contributed by atoms with E-state index in [1.165, 1.54) is 18.6 Å². The van der Waals surface area contributed by atoms with Gasteiger partial charge in [0.2, 0.25) is 0 Å². The summed E-state index contributed by atoms with van der Waals surface area (Å²) in [6.07, 6.45) is 5.27. The normalized spacial score (nSPS) is 29.0. The molecule has 2 aliphatic carbocycles. The van der Waals surface area contributed by atoms with Crippen LogP contribution in [0, 0.1) is 17.0 Å². The van der Waals surface area contributed by atoms with Crippen molar-refractivity contribution in [3.8, 4) is 5.75 Å². The molecule has 2 fully saturated rings. The van der Waals surface area contributed by atoms with Crippen LogP contribution in [0.1, 0.15) is 38.5 Å². The highest BCUT2D eigenvalue weighted by atomic mass is 19.1. The maximum absolute atomic E-state index is 13.6. The molecule has 2 saturated carbocycles. The summed E-state index contributed by atoms with van der Waals surface area (Å²) in [6.45, 7) is 0. The molecule has 2 aliphatic rings. The van der Waals surface area contributed by atoms with E-state index in [0.717, 1.165) is 31.7 Å². The summed E-state index contributed by atoms with van der Waals surface area (Å²) in [5.74, 6) is -1.19. The molecule has 2 nitrogen and oxygen atoms in total. The number of halogens is 2. The first-order valence-corrected chi connectivity index (χ1v) is 6.91. The summed E-state index contributed by atoms with van der Waals surface area (Å²) in [7, 11) is 0. The van der Waals surface area contributed by atoms with Crippen LogP contribution in [0.25, 0.3) is 0 Å². The van der Waals surface area contributed by atoms with Crippen molar-refractivity contribution in [3.63, 3.8) is 0 Å². The second-order valence-corrected chi connectivity index (χ2v) is 5.73. The van der Waals surface area contributed by atoms with Gasteiger partial charge in [-0.15, -0.1) is 0 Å². The lowest BCUT2D eigenvalue weighted by atomic mass is 9.56. The molecule has 0 amide bonds. The Kier molecular flexibility index (Phi) is 3.21. The molecular weight excluding hydrogens is 250 g/mol. The first-order chi connectivity index (χ1) is 9.12. The molecular formula is C15H18F2O2. The fourth-order valence-electron chi connectivity index (χ4n) is 3.48. The molecule has 3 rings (SSSR count). The van der Waals surface area contributed by atoms with Gasteiger partial charge in [-0.25, -0.2) is 8.78 Å². The second kappa shape index (κ2) is 4.75. The average Bonchev–Trinajstić information content (AvgIpc) is 2.42. The minimum Gasteiger partial charge on any atom is -0.487 e. The van der Waals surface area contributed by atoms with E-state index in [0.29, 0.717) is 6.42 Å². The third kappa shape index (κ3) is 2.12. The molecule has 4 heteroatoms. The van der Waals surface area contributed by atoms with Crippen molar-refractivity contribution < 1.29 is 18.6 Å². The Balaban J connectivity index is 1.76. The van der Waals surface area contributed by atoms with Crippen LogP contribution >= 0.6 is 0 Å². The Morgan fingerprint density at radius 1 is 1.16 bits per heavy atom. The molecule has 0 saturated heterocycles. The van der Waals surface area contributed by atoms with Crippen LogP contribution in [0.3, 0.4) is 0 Å². The van der Waals surface area contributed by atoms with Crippen molar-refractivity contribution in [2.45, 2.75) is 50.7 Å². The molecule has 19 heavy (non-hydrogen) atoms. The molecule has 1 aromatic carbocycles. The fourth-order valence-corrected chi connectivity index (χ4v) is 3.48. The minimum atomic E-state index is -0.674. The van der Waals surface area contributed by atoms with E-state index >= 15 is 0 Å². The van der Waals surface area contributed by atoms with Gasteiger partial charge in [-0.3, -0.25) is 0 Å². The Morgan fingerprint density at radius 3 is 2.53 bits per heavy atom. The van der Waals surface area contributed by atoms with Crippen molar-refractivity contribution in [2.24, 2.45) is 5.41 Å². The molecule has 0 aliphatic heterocycles. The maximum atomic E-state index is 13.6. The van der Waals surface area contributed by atoms with Crippen LogP contribution in [0.2, 0.25) is 0 Å². The SMILES string of the molecule is OC1CC(Oc2ccc(F)cc2F)C12CCCCC2. The number of rotatable bonds is 2. The summed E-state index contributed by atoms with van der Waals surface area (Å²) < 4.78 is 32.2. The van der Waals surface area contributed by atoms with E-state index in [9.17, 15) is 13.9 Å². The quantitative estimate of drug-likeness (QED) is 0.890. The van der Waals surface area contributed by atoms with Crippen LogP contribution in [0.15, 0.2) is 18.2 Å². The fraction of sp³-hybridized carbons (Fsp3) is 0.600. The van der Waals surface area contributed by atoms with Gasteiger partial charge in [0.1, 0.15) is 11.9 Å². The van der Waals surface area contributed by atoms with Crippen molar-refractivity contribution in [2.75, 3.05) is 0 Å². The van der Waals surface area contributed by atoms with Gasteiger partial charge in [0, 0.05) is 17.9 Å². The molecule has 0 radical (unpaired) electrons. The lowest BCUT2D eigenvalue weighted by molar-refractivity contribution is -0.172. The molecule has 104 valence electrons. The van der Waals surface area contributed by atoms with E-state index in [4.69, 9.17) is 4.74 Å². The van der Waals surface area contributed by atoms with Gasteiger partial charge in [-0.2, -0.15) is 0 Å². The average molecular weight is 268 g/mol. The molecule has 1 spiro atoms. The van der Waals surface area contributed by atoms with E-state index in [1.807, 2.05) is 0 Å². The predicted octanol–water partition coefficient (Wildman–Crippen LogP) is 3.43. The third-order valence-electron chi connectivity index (χ3n) is 4.69. The second-order valence-electron chi connectivity index (χ2n) is 5.73. The lowest BCUT2D eigenvalue weighted by Gasteiger charge is -2.55. The van der Waals surface area contributed by atoms with Gasteiger partial charge in [-0.05, 0) is 25.0 Å². The van der Waals surface area contributed by atoms with Gasteiger partial charge in [0.05, 0.1) is 6.10 Å². The molecule has 1 N–H and O–H groups in total. The van der Waals surface area contributed by atoms with E-state index in [2.05, 4.69) is 0 Å². The number of ether oxygens (including phenoxy) is 1. The van der Waals surface area contributed by atoms with Crippen LogP contribution in [0.5, 0.6) is 5.75 Å². The smallest absolute Gasteiger partial charge is 0.167 e. The summed E-state index contributed by atoms with van der Waals surface area (Å²) in [6, 6.07) is 3.35. The summed E-state index contributed by atoms with van der Waals surface area (Å²) in [5, 5.41) is 10.1. The van der Waals surface area contributed by atoms with Crippen molar-refractivity contribution in [1.82, 2.24) is 0 Å². The van der Waals surface area contributed by atoms with Crippen molar-refractivity contribution in [1.29, 1.82) is 0 Å². The highest BCUT2D eigenvalue weighted by Crippen LogP contribution is 2.53. The Hall–Kier alpha value is -1.16.